The first-order valence-electron chi connectivity index (χ1n) is 3.56. The number of amides is 1. The van der Waals surface area contributed by atoms with Crippen molar-refractivity contribution in [2.24, 2.45) is 0 Å². The van der Waals surface area contributed by atoms with Gasteiger partial charge in [-0.15, -0.1) is 0 Å². The fraction of sp³-hybridized carbons (Fsp3) is 0.375. The van der Waals surface area contributed by atoms with Gasteiger partial charge >= 0.3 is 76.1 Å². The Morgan fingerprint density at radius 1 is 1.73 bits per heavy atom. The van der Waals surface area contributed by atoms with E-state index in [1.165, 1.54) is 3.58 Å². The average Bonchev–Trinajstić information content (AvgIpc) is 2.39. The van der Waals surface area contributed by atoms with Crippen LogP contribution in [0, 0.1) is 0 Å². The number of nitrogens with one attached hydrogen (secondary N) is 1. The van der Waals surface area contributed by atoms with Gasteiger partial charge in [0.05, 0.1) is 0 Å². The zero-order valence-electron chi connectivity index (χ0n) is 6.46. The molecular formula is C8H11NOTe. The summed E-state index contributed by atoms with van der Waals surface area (Å²) in [7, 11) is 0. The summed E-state index contributed by atoms with van der Waals surface area (Å²) in [6.07, 6.45) is 1.04. The van der Waals surface area contributed by atoms with Crippen LogP contribution in [0.3, 0.4) is 0 Å². The van der Waals surface area contributed by atoms with Crippen LogP contribution in [0.15, 0.2) is 16.2 Å². The summed E-state index contributed by atoms with van der Waals surface area (Å²) in [5, 5.41) is 2.79. The third kappa shape index (κ3) is 3.59. The maximum absolute atomic E-state index is 10.5. The second kappa shape index (κ2) is 4.58. The molecule has 1 aromatic heterocycles. The van der Waals surface area contributed by atoms with E-state index < -0.39 is 0 Å². The van der Waals surface area contributed by atoms with Crippen LogP contribution in [0.2, 0.25) is 0 Å². The number of hydrogen-bond acceptors (Lipinski definition) is 1. The van der Waals surface area contributed by atoms with Crippen molar-refractivity contribution in [1.82, 2.24) is 5.32 Å². The molecule has 2 nitrogen and oxygen atoms in total. The van der Waals surface area contributed by atoms with Gasteiger partial charge in [0.2, 0.25) is 0 Å². The first-order chi connectivity index (χ1) is 5.29. The van der Waals surface area contributed by atoms with Crippen molar-refractivity contribution >= 4 is 26.3 Å². The molecule has 11 heavy (non-hydrogen) atoms. The Hall–Kier alpha value is -0.260. The van der Waals surface area contributed by atoms with Crippen molar-refractivity contribution in [3.8, 4) is 0 Å². The third-order valence-electron chi connectivity index (χ3n) is 1.33. The Balaban J connectivity index is 2.19. The van der Waals surface area contributed by atoms with Crippen LogP contribution in [-0.2, 0) is 11.2 Å². The van der Waals surface area contributed by atoms with Gasteiger partial charge in [0.25, 0.3) is 0 Å². The second-order valence-electron chi connectivity index (χ2n) is 2.31. The van der Waals surface area contributed by atoms with Crippen LogP contribution in [0.4, 0.5) is 0 Å². The zero-order chi connectivity index (χ0) is 8.10. The molecular weight excluding hydrogens is 254 g/mol. The molecule has 0 saturated carbocycles. The topological polar surface area (TPSA) is 29.1 Å². The number of carbonyl (C=O) groups excluding carboxylic acids is 1. The van der Waals surface area contributed by atoms with Crippen molar-refractivity contribution in [1.29, 1.82) is 0 Å². The Morgan fingerprint density at radius 2 is 2.55 bits per heavy atom. The number of rotatable bonds is 3. The van der Waals surface area contributed by atoms with E-state index in [9.17, 15) is 4.79 Å². The molecule has 0 bridgehead atoms. The maximum atomic E-state index is 10.5. The summed E-state index contributed by atoms with van der Waals surface area (Å²) >= 11 is 0.0128. The van der Waals surface area contributed by atoms with Gasteiger partial charge < -0.3 is 0 Å². The van der Waals surface area contributed by atoms with E-state index in [2.05, 4.69) is 21.5 Å². The summed E-state index contributed by atoms with van der Waals surface area (Å²) in [5.74, 6) is 0.0668. The molecule has 0 aromatic carbocycles. The fourth-order valence-electron chi connectivity index (χ4n) is 0.817. The predicted molar refractivity (Wildman–Crippen MR) is 45.8 cm³/mol. The van der Waals surface area contributed by atoms with Crippen LogP contribution in [-0.4, -0.2) is 32.9 Å². The Labute approximate surface area is 76.2 Å². The van der Waals surface area contributed by atoms with Gasteiger partial charge in [0.15, 0.2) is 0 Å². The van der Waals surface area contributed by atoms with E-state index >= 15 is 0 Å². The Bertz CT molecular complexity index is 218. The molecule has 0 spiro atoms. The third-order valence-corrected chi connectivity index (χ3v) is 4.00. The minimum atomic E-state index is 0.0128. The average molecular weight is 265 g/mol. The summed E-state index contributed by atoms with van der Waals surface area (Å²) in [6, 6.07) is 4.29. The van der Waals surface area contributed by atoms with Crippen molar-refractivity contribution < 1.29 is 4.79 Å². The molecule has 1 heterocycles. The molecule has 0 saturated heterocycles. The fourth-order valence-corrected chi connectivity index (χ4v) is 2.84. The molecule has 3 heteroatoms. The predicted octanol–water partition coefficient (Wildman–Crippen LogP) is 0.422. The second-order valence-corrected chi connectivity index (χ2v) is 5.26. The van der Waals surface area contributed by atoms with E-state index in [4.69, 9.17) is 0 Å². The summed E-state index contributed by atoms with van der Waals surface area (Å²) in [6.45, 7) is 2.35. The molecule has 0 unspecified atom stereocenters. The minimum absolute atomic E-state index is 0.0128. The molecule has 0 fully saturated rings. The SMILES string of the molecule is CC(=O)NCCc1ccc[te]1. The van der Waals surface area contributed by atoms with Crippen LogP contribution < -0.4 is 5.32 Å². The van der Waals surface area contributed by atoms with Gasteiger partial charge in [0.1, 0.15) is 0 Å². The molecule has 1 amide bonds. The summed E-state index contributed by atoms with van der Waals surface area (Å²) in [5.41, 5.74) is 0. The number of carbonyl (C=O) groups is 1. The van der Waals surface area contributed by atoms with Gasteiger partial charge in [-0.2, -0.15) is 0 Å². The van der Waals surface area contributed by atoms with Crippen molar-refractivity contribution in [3.63, 3.8) is 0 Å². The molecule has 0 atom stereocenters. The molecule has 1 aromatic rings. The number of hydrogen-bond donors (Lipinski definition) is 1. The monoisotopic (exact) mass is 267 g/mol. The first kappa shape index (κ1) is 8.83. The van der Waals surface area contributed by atoms with Crippen LogP contribution in [0.1, 0.15) is 10.5 Å². The molecule has 0 aliphatic rings. The van der Waals surface area contributed by atoms with E-state index in [0.29, 0.717) is 0 Å². The normalized spacial score (nSPS) is 9.55. The quantitative estimate of drug-likeness (QED) is 0.788. The van der Waals surface area contributed by atoms with Crippen molar-refractivity contribution in [2.45, 2.75) is 13.3 Å². The molecule has 0 radical (unpaired) electrons. The first-order valence-corrected chi connectivity index (χ1v) is 6.07. The van der Waals surface area contributed by atoms with Gasteiger partial charge in [-0.05, 0) is 0 Å². The molecule has 1 N–H and O–H groups in total. The molecule has 0 aliphatic carbocycles. The van der Waals surface area contributed by atoms with E-state index in [1.807, 2.05) is 0 Å². The van der Waals surface area contributed by atoms with E-state index in [0.717, 1.165) is 13.0 Å². The van der Waals surface area contributed by atoms with Crippen LogP contribution >= 0.6 is 0 Å². The summed E-state index contributed by atoms with van der Waals surface area (Å²) in [4.78, 5) is 10.5. The van der Waals surface area contributed by atoms with Crippen LogP contribution in [0.25, 0.3) is 0 Å². The van der Waals surface area contributed by atoms with Gasteiger partial charge in [0, 0.05) is 0 Å². The van der Waals surface area contributed by atoms with Crippen molar-refractivity contribution in [2.75, 3.05) is 6.54 Å². The molecule has 60 valence electrons. The van der Waals surface area contributed by atoms with Crippen molar-refractivity contribution in [3.05, 3.63) is 19.8 Å². The van der Waals surface area contributed by atoms with Gasteiger partial charge in [-0.25, -0.2) is 0 Å². The van der Waals surface area contributed by atoms with E-state index in [-0.39, 0.29) is 26.3 Å². The Kier molecular flexibility index (Phi) is 3.68. The van der Waals surface area contributed by atoms with Gasteiger partial charge in [-0.1, -0.05) is 0 Å². The van der Waals surface area contributed by atoms with Gasteiger partial charge in [-0.3, -0.25) is 0 Å². The Morgan fingerprint density at radius 3 is 3.09 bits per heavy atom. The molecule has 1 rings (SSSR count). The van der Waals surface area contributed by atoms with Crippen LogP contribution in [0.5, 0.6) is 0 Å². The standard InChI is InChI=1S/C8H11NOTe/c1-7(10)9-5-4-8-3-2-6-11-8/h2-3,6H,4-5H2,1H3,(H,9,10). The molecule has 0 aliphatic heterocycles. The van der Waals surface area contributed by atoms with E-state index in [1.54, 1.807) is 6.92 Å². The zero-order valence-corrected chi connectivity index (χ0v) is 8.79. The summed E-state index contributed by atoms with van der Waals surface area (Å²) < 4.78 is 3.79.